The van der Waals surface area contributed by atoms with Gasteiger partial charge in [0, 0.05) is 62.7 Å². The summed E-state index contributed by atoms with van der Waals surface area (Å²) in [5.41, 5.74) is 0.332. The molecule has 2 spiro atoms. The number of piperidine rings is 2. The number of hydrogen-bond donors (Lipinski definition) is 2. The van der Waals surface area contributed by atoms with Crippen LogP contribution in [0.25, 0.3) is 0 Å². The maximum atomic E-state index is 14.3. The molecule has 0 radical (unpaired) electrons. The van der Waals surface area contributed by atoms with Crippen LogP contribution in [-0.2, 0) is 9.59 Å². The minimum Gasteiger partial charge on any atom is -0.393 e. The zero-order valence-electron chi connectivity index (χ0n) is 33.8. The Kier molecular flexibility index (Phi) is 8.80. The van der Waals surface area contributed by atoms with E-state index in [0.717, 1.165) is 129 Å². The third-order valence-corrected chi connectivity index (χ3v) is 17.9. The van der Waals surface area contributed by atoms with Crippen LogP contribution in [0.3, 0.4) is 0 Å². The number of aliphatic hydroxyl groups excluding tert-OH is 2. The van der Waals surface area contributed by atoms with Crippen molar-refractivity contribution >= 4 is 23.2 Å². The van der Waals surface area contributed by atoms with Gasteiger partial charge < -0.3 is 29.8 Å². The van der Waals surface area contributed by atoms with E-state index in [1.54, 1.807) is 24.5 Å². The van der Waals surface area contributed by atoms with Gasteiger partial charge in [-0.1, -0.05) is 0 Å². The van der Waals surface area contributed by atoms with Gasteiger partial charge in [0.15, 0.2) is 11.6 Å². The molecule has 8 saturated carbocycles. The van der Waals surface area contributed by atoms with E-state index in [9.17, 15) is 28.6 Å². The highest BCUT2D eigenvalue weighted by atomic mass is 19.1. The summed E-state index contributed by atoms with van der Waals surface area (Å²) in [4.78, 5) is 44.1. The highest BCUT2D eigenvalue weighted by Gasteiger charge is 2.64. The minimum absolute atomic E-state index is 0.0273. The lowest BCUT2D eigenvalue weighted by atomic mass is 9.51. The fraction of sp³-hybridized carbons (Fsp3) is 0.739. The lowest BCUT2D eigenvalue weighted by Crippen LogP contribution is -2.65. The molecule has 12 fully saturated rings. The highest BCUT2D eigenvalue weighted by Crippen LogP contribution is 2.61. The van der Waals surface area contributed by atoms with Crippen molar-refractivity contribution < 1.29 is 28.6 Å². The van der Waals surface area contributed by atoms with Crippen molar-refractivity contribution in [2.45, 2.75) is 126 Å². The average Bonchev–Trinajstić information content (AvgIpc) is 3.70. The number of likely N-dealkylation sites (tertiary alicyclic amines) is 2. The molecule has 2 N–H and O–H groups in total. The zero-order chi connectivity index (χ0) is 39.6. The summed E-state index contributed by atoms with van der Waals surface area (Å²) in [6, 6.07) is 3.46. The Morgan fingerprint density at radius 1 is 0.569 bits per heavy atom. The Hall–Kier alpha value is -3.38. The molecule has 8 aliphatic carbocycles. The molecule has 12 aliphatic rings. The summed E-state index contributed by atoms with van der Waals surface area (Å²) in [5, 5.41) is 21.3. The number of pyridine rings is 2. The largest absolute Gasteiger partial charge is 0.393 e. The Balaban J connectivity index is 0.000000133. The van der Waals surface area contributed by atoms with Crippen molar-refractivity contribution in [1.29, 1.82) is 0 Å². The van der Waals surface area contributed by atoms with Crippen molar-refractivity contribution in [3.63, 3.8) is 0 Å². The van der Waals surface area contributed by atoms with E-state index in [1.807, 2.05) is 0 Å². The van der Waals surface area contributed by atoms with E-state index in [2.05, 4.69) is 29.6 Å². The maximum Gasteiger partial charge on any atom is 0.231 e. The fourth-order valence-electron chi connectivity index (χ4n) is 15.8. The number of amides is 2. The second-order valence-corrected chi connectivity index (χ2v) is 21.0. The van der Waals surface area contributed by atoms with Crippen LogP contribution in [-0.4, -0.2) is 104 Å². The van der Waals surface area contributed by atoms with Crippen LogP contribution in [0.5, 0.6) is 0 Å². The molecule has 312 valence electrons. The molecule has 6 atom stereocenters. The molecule has 6 heterocycles. The van der Waals surface area contributed by atoms with Crippen LogP contribution < -0.4 is 9.80 Å². The molecule has 12 heteroatoms. The molecule has 14 rings (SSSR count). The molecule has 4 saturated heterocycles. The Bertz CT molecular complexity index is 1800. The highest BCUT2D eigenvalue weighted by molar-refractivity contribution is 5.87. The standard InChI is InChI=1S/2C23H30FN3O2/c2*24-18-13-25-5-2-19(18)26-6-1-3-22(14-26)4-7-27(21(22)29)23-10-15-8-16(11-23)20(28)17(9-15)12-23/h2*2,5,13,15-17,20,28H,1,3-4,6-12,14H2/t2*15?,16?,17?,20?,22-,23?/m11/s1. The zero-order valence-corrected chi connectivity index (χ0v) is 33.8. The van der Waals surface area contributed by atoms with Crippen LogP contribution >= 0.6 is 0 Å². The maximum absolute atomic E-state index is 14.3. The van der Waals surface area contributed by atoms with Gasteiger partial charge in [-0.15, -0.1) is 0 Å². The van der Waals surface area contributed by atoms with E-state index < -0.39 is 0 Å². The molecule has 2 aromatic rings. The molecule has 4 unspecified atom stereocenters. The summed E-state index contributed by atoms with van der Waals surface area (Å²) >= 11 is 0. The van der Waals surface area contributed by atoms with E-state index in [-0.39, 0.29) is 45.8 Å². The second-order valence-electron chi connectivity index (χ2n) is 21.0. The number of anilines is 2. The summed E-state index contributed by atoms with van der Waals surface area (Å²) in [6.07, 6.45) is 21.6. The number of nitrogens with zero attached hydrogens (tertiary/aromatic N) is 6. The van der Waals surface area contributed by atoms with E-state index in [1.165, 1.54) is 12.4 Å². The van der Waals surface area contributed by atoms with Crippen LogP contribution in [0.1, 0.15) is 103 Å². The molecule has 0 aromatic carbocycles. The quantitative estimate of drug-likeness (QED) is 0.390. The van der Waals surface area contributed by atoms with Crippen LogP contribution in [0.4, 0.5) is 20.2 Å². The van der Waals surface area contributed by atoms with Gasteiger partial charge in [0.2, 0.25) is 11.8 Å². The molecular weight excluding hydrogens is 739 g/mol. The number of hydrogen-bond acceptors (Lipinski definition) is 8. The van der Waals surface area contributed by atoms with Crippen molar-refractivity contribution in [2.24, 2.45) is 46.3 Å². The summed E-state index contributed by atoms with van der Waals surface area (Å²) in [6.45, 7) is 4.46. The number of carbonyl (C=O) groups is 2. The lowest BCUT2D eigenvalue weighted by Gasteiger charge is -2.61. The van der Waals surface area contributed by atoms with E-state index in [4.69, 9.17) is 0 Å². The van der Waals surface area contributed by atoms with E-state index in [0.29, 0.717) is 71.8 Å². The number of halogens is 2. The third-order valence-electron chi connectivity index (χ3n) is 17.9. The minimum atomic E-state index is -0.379. The van der Waals surface area contributed by atoms with E-state index >= 15 is 0 Å². The van der Waals surface area contributed by atoms with Crippen molar-refractivity contribution in [3.05, 3.63) is 48.6 Å². The van der Waals surface area contributed by atoms with Crippen molar-refractivity contribution in [3.8, 4) is 0 Å². The Labute approximate surface area is 340 Å². The number of carbonyl (C=O) groups excluding carboxylic acids is 2. The van der Waals surface area contributed by atoms with Crippen LogP contribution in [0.2, 0.25) is 0 Å². The molecule has 8 bridgehead atoms. The molecule has 10 nitrogen and oxygen atoms in total. The van der Waals surface area contributed by atoms with Crippen LogP contribution in [0.15, 0.2) is 36.9 Å². The third kappa shape index (κ3) is 5.72. The van der Waals surface area contributed by atoms with Gasteiger partial charge in [-0.25, -0.2) is 8.78 Å². The first-order chi connectivity index (χ1) is 28.0. The fourth-order valence-corrected chi connectivity index (χ4v) is 15.8. The SMILES string of the molecule is O=C1N(C23CC4CC(C2)C(O)C(C4)C3)CC[C@@]12CCCN(c1ccncc1F)C2.O=C1N(C23CC4CC(C2)C(O)C(C4)C3)CC[C@@]12CCCN(c1ccncc1F)C2. The van der Waals surface area contributed by atoms with Gasteiger partial charge in [-0.3, -0.25) is 19.6 Å². The van der Waals surface area contributed by atoms with Crippen LogP contribution in [0, 0.1) is 58.0 Å². The van der Waals surface area contributed by atoms with Gasteiger partial charge in [0.05, 0.1) is 46.8 Å². The van der Waals surface area contributed by atoms with Crippen molar-refractivity contribution in [1.82, 2.24) is 19.8 Å². The van der Waals surface area contributed by atoms with Gasteiger partial charge in [0.25, 0.3) is 0 Å². The Morgan fingerprint density at radius 3 is 1.34 bits per heavy atom. The first-order valence-corrected chi connectivity index (χ1v) is 22.7. The first kappa shape index (κ1) is 37.6. The summed E-state index contributed by atoms with van der Waals surface area (Å²) in [5.74, 6) is 2.84. The normalized spacial score (nSPS) is 43.6. The number of aliphatic hydroxyl groups is 2. The molecule has 58 heavy (non-hydrogen) atoms. The van der Waals surface area contributed by atoms with Gasteiger partial charge in [-0.05, 0) is 150 Å². The predicted octanol–water partition coefficient (Wildman–Crippen LogP) is 5.96. The second kappa shape index (κ2) is 13.6. The molecule has 2 aromatic heterocycles. The molecular formula is C46H60F2N6O4. The smallest absolute Gasteiger partial charge is 0.231 e. The number of aromatic nitrogens is 2. The van der Waals surface area contributed by atoms with Gasteiger partial charge >= 0.3 is 0 Å². The topological polar surface area (TPSA) is 113 Å². The lowest BCUT2D eigenvalue weighted by molar-refractivity contribution is -0.168. The number of rotatable bonds is 4. The summed E-state index contributed by atoms with van der Waals surface area (Å²) in [7, 11) is 0. The molecule has 2 amide bonds. The average molecular weight is 799 g/mol. The first-order valence-electron chi connectivity index (χ1n) is 22.7. The predicted molar refractivity (Wildman–Crippen MR) is 213 cm³/mol. The Morgan fingerprint density at radius 2 is 0.966 bits per heavy atom. The summed E-state index contributed by atoms with van der Waals surface area (Å²) < 4.78 is 28.7. The monoisotopic (exact) mass is 798 g/mol. The van der Waals surface area contributed by atoms with Crippen molar-refractivity contribution in [2.75, 3.05) is 49.1 Å². The van der Waals surface area contributed by atoms with Gasteiger partial charge in [-0.2, -0.15) is 0 Å². The molecule has 4 aliphatic heterocycles. The van der Waals surface area contributed by atoms with Gasteiger partial charge in [0.1, 0.15) is 0 Å².